The van der Waals surface area contributed by atoms with E-state index in [1.54, 1.807) is 16.6 Å². The molecule has 5 nitrogen and oxygen atoms in total. The van der Waals surface area contributed by atoms with E-state index >= 15 is 0 Å². The second kappa shape index (κ2) is 6.94. The van der Waals surface area contributed by atoms with Gasteiger partial charge in [0, 0.05) is 37.6 Å². The van der Waals surface area contributed by atoms with Gasteiger partial charge in [0.05, 0.1) is 0 Å². The number of sulfonamides is 1. The molecule has 0 unspecified atom stereocenters. The Hall–Kier alpha value is -0.850. The summed E-state index contributed by atoms with van der Waals surface area (Å²) in [7, 11) is -3.39. The van der Waals surface area contributed by atoms with Crippen LogP contribution in [0.1, 0.15) is 57.7 Å². The molecule has 0 aliphatic carbocycles. The van der Waals surface area contributed by atoms with Gasteiger partial charge in [-0.2, -0.15) is 4.31 Å². The van der Waals surface area contributed by atoms with Crippen molar-refractivity contribution in [1.82, 2.24) is 8.87 Å². The predicted octanol–water partition coefficient (Wildman–Crippen LogP) is 2.48. The third kappa shape index (κ3) is 3.67. The molecule has 21 heavy (non-hydrogen) atoms. The first kappa shape index (κ1) is 16.5. The van der Waals surface area contributed by atoms with Gasteiger partial charge in [0.25, 0.3) is 0 Å². The lowest BCUT2D eigenvalue weighted by Gasteiger charge is -2.23. The molecule has 1 aromatic rings. The van der Waals surface area contributed by atoms with E-state index in [1.165, 1.54) is 6.42 Å². The minimum atomic E-state index is -3.39. The summed E-state index contributed by atoms with van der Waals surface area (Å²) >= 11 is 0. The Morgan fingerprint density at radius 2 is 1.71 bits per heavy atom. The van der Waals surface area contributed by atoms with E-state index in [9.17, 15) is 8.42 Å². The Morgan fingerprint density at radius 3 is 2.19 bits per heavy atom. The van der Waals surface area contributed by atoms with Crippen molar-refractivity contribution in [2.45, 2.75) is 63.4 Å². The number of hydrogen-bond acceptors (Lipinski definition) is 3. The molecule has 1 aliphatic heterocycles. The summed E-state index contributed by atoms with van der Waals surface area (Å²) in [5.74, 6) is 0. The molecule has 0 bridgehead atoms. The van der Waals surface area contributed by atoms with Gasteiger partial charge in [-0.05, 0) is 32.8 Å². The quantitative estimate of drug-likeness (QED) is 0.928. The van der Waals surface area contributed by atoms with Gasteiger partial charge in [0.1, 0.15) is 4.90 Å². The van der Waals surface area contributed by atoms with Crippen LogP contribution in [0, 0.1) is 0 Å². The van der Waals surface area contributed by atoms with E-state index in [1.807, 2.05) is 18.4 Å². The average molecular weight is 313 g/mol. The molecule has 2 heterocycles. The number of rotatable bonds is 4. The number of hydrogen-bond donors (Lipinski definition) is 1. The Kier molecular flexibility index (Phi) is 5.46. The van der Waals surface area contributed by atoms with Crippen molar-refractivity contribution in [3.8, 4) is 0 Å². The van der Waals surface area contributed by atoms with E-state index < -0.39 is 10.0 Å². The minimum absolute atomic E-state index is 0.208. The first-order chi connectivity index (χ1) is 9.96. The zero-order valence-corrected chi connectivity index (χ0v) is 13.9. The fourth-order valence-corrected chi connectivity index (χ4v) is 4.46. The van der Waals surface area contributed by atoms with E-state index in [2.05, 4.69) is 0 Å². The van der Waals surface area contributed by atoms with Gasteiger partial charge in [-0.25, -0.2) is 8.42 Å². The average Bonchev–Trinajstić information content (AvgIpc) is 2.82. The Balaban J connectivity index is 2.29. The monoisotopic (exact) mass is 313 g/mol. The van der Waals surface area contributed by atoms with E-state index in [0.717, 1.165) is 31.4 Å². The van der Waals surface area contributed by atoms with Crippen molar-refractivity contribution in [3.05, 3.63) is 18.0 Å². The summed E-state index contributed by atoms with van der Waals surface area (Å²) in [5.41, 5.74) is 6.61. The van der Waals surface area contributed by atoms with Gasteiger partial charge < -0.3 is 10.3 Å². The molecule has 0 spiro atoms. The lowest BCUT2D eigenvalue weighted by Crippen LogP contribution is -2.33. The highest BCUT2D eigenvalue weighted by Crippen LogP contribution is 2.24. The van der Waals surface area contributed by atoms with Gasteiger partial charge in [-0.15, -0.1) is 0 Å². The van der Waals surface area contributed by atoms with Crippen LogP contribution in [0.25, 0.3) is 0 Å². The molecule has 2 rings (SSSR count). The molecule has 0 radical (unpaired) electrons. The molecular formula is C15H27N3O2S. The van der Waals surface area contributed by atoms with Crippen LogP contribution in [0.15, 0.2) is 17.2 Å². The van der Waals surface area contributed by atoms with E-state index in [0.29, 0.717) is 24.5 Å². The second-order valence-corrected chi connectivity index (χ2v) is 7.98. The van der Waals surface area contributed by atoms with Gasteiger partial charge in [-0.1, -0.05) is 19.3 Å². The van der Waals surface area contributed by atoms with Crippen molar-refractivity contribution in [2.75, 3.05) is 13.1 Å². The van der Waals surface area contributed by atoms with Crippen LogP contribution in [0.3, 0.4) is 0 Å². The lowest BCUT2D eigenvalue weighted by molar-refractivity contribution is 0.364. The standard InChI is InChI=1S/C15H27N3O2S/c1-13(2)18-12-15(10-14(18)11-16)21(19,20)17-8-6-4-3-5-7-9-17/h10,12-13H,3-9,11,16H2,1-2H3. The minimum Gasteiger partial charge on any atom is -0.346 e. The zero-order chi connectivity index (χ0) is 15.5. The van der Waals surface area contributed by atoms with Crippen LogP contribution in [-0.4, -0.2) is 30.4 Å². The molecule has 6 heteroatoms. The number of aromatic nitrogens is 1. The van der Waals surface area contributed by atoms with Crippen LogP contribution < -0.4 is 5.73 Å². The van der Waals surface area contributed by atoms with E-state index in [4.69, 9.17) is 5.73 Å². The van der Waals surface area contributed by atoms with Crippen molar-refractivity contribution in [1.29, 1.82) is 0 Å². The molecular weight excluding hydrogens is 286 g/mol. The van der Waals surface area contributed by atoms with Gasteiger partial charge in [0.2, 0.25) is 10.0 Å². The molecule has 0 saturated carbocycles. The molecule has 1 fully saturated rings. The third-order valence-electron chi connectivity index (χ3n) is 4.13. The number of nitrogens with zero attached hydrogens (tertiary/aromatic N) is 2. The van der Waals surface area contributed by atoms with E-state index in [-0.39, 0.29) is 6.04 Å². The van der Waals surface area contributed by atoms with Gasteiger partial charge >= 0.3 is 0 Å². The van der Waals surface area contributed by atoms with Gasteiger partial charge in [-0.3, -0.25) is 0 Å². The van der Waals surface area contributed by atoms with Crippen LogP contribution in [-0.2, 0) is 16.6 Å². The molecule has 0 atom stereocenters. The molecule has 1 aliphatic rings. The fraction of sp³-hybridized carbons (Fsp3) is 0.733. The predicted molar refractivity (Wildman–Crippen MR) is 84.6 cm³/mol. The maximum Gasteiger partial charge on any atom is 0.244 e. The largest absolute Gasteiger partial charge is 0.346 e. The van der Waals surface area contributed by atoms with Crippen molar-refractivity contribution in [3.63, 3.8) is 0 Å². The highest BCUT2D eigenvalue weighted by Gasteiger charge is 2.26. The maximum absolute atomic E-state index is 12.8. The summed E-state index contributed by atoms with van der Waals surface area (Å²) in [6.45, 7) is 5.69. The van der Waals surface area contributed by atoms with Crippen molar-refractivity contribution < 1.29 is 8.42 Å². The first-order valence-corrected chi connectivity index (χ1v) is 9.32. The van der Waals surface area contributed by atoms with Crippen molar-refractivity contribution >= 4 is 10.0 Å². The van der Waals surface area contributed by atoms with Crippen LogP contribution >= 0.6 is 0 Å². The molecule has 0 amide bonds. The maximum atomic E-state index is 12.8. The Bertz CT molecular complexity index is 555. The molecule has 0 aromatic carbocycles. The normalized spacial score (nSPS) is 18.7. The van der Waals surface area contributed by atoms with Crippen LogP contribution in [0.5, 0.6) is 0 Å². The Morgan fingerprint density at radius 1 is 1.14 bits per heavy atom. The first-order valence-electron chi connectivity index (χ1n) is 7.88. The summed E-state index contributed by atoms with van der Waals surface area (Å²) in [4.78, 5) is 0.386. The van der Waals surface area contributed by atoms with Crippen molar-refractivity contribution in [2.24, 2.45) is 5.73 Å². The summed E-state index contributed by atoms with van der Waals surface area (Å²) in [5, 5.41) is 0. The second-order valence-electron chi connectivity index (χ2n) is 6.04. The number of nitrogens with two attached hydrogens (primary N) is 1. The molecule has 2 N–H and O–H groups in total. The fourth-order valence-electron chi connectivity index (χ4n) is 2.89. The Labute approximate surface area is 128 Å². The highest BCUT2D eigenvalue weighted by molar-refractivity contribution is 7.89. The smallest absolute Gasteiger partial charge is 0.244 e. The highest BCUT2D eigenvalue weighted by atomic mass is 32.2. The lowest BCUT2D eigenvalue weighted by atomic mass is 10.1. The van der Waals surface area contributed by atoms with Gasteiger partial charge in [0.15, 0.2) is 0 Å². The molecule has 120 valence electrons. The summed E-state index contributed by atoms with van der Waals surface area (Å²) in [6.07, 6.45) is 7.10. The zero-order valence-electron chi connectivity index (χ0n) is 13.1. The topological polar surface area (TPSA) is 68.3 Å². The summed E-state index contributed by atoms with van der Waals surface area (Å²) in [6, 6.07) is 1.94. The molecule has 1 aromatic heterocycles. The van der Waals surface area contributed by atoms with Crippen LogP contribution in [0.4, 0.5) is 0 Å². The van der Waals surface area contributed by atoms with Crippen LogP contribution in [0.2, 0.25) is 0 Å². The SMILES string of the molecule is CC(C)n1cc(S(=O)(=O)N2CCCCCCC2)cc1CN. The molecule has 1 saturated heterocycles. The third-order valence-corrected chi connectivity index (χ3v) is 5.99. The summed E-state index contributed by atoms with van der Waals surface area (Å²) < 4.78 is 29.3.